The first-order chi connectivity index (χ1) is 23.9. The van der Waals surface area contributed by atoms with E-state index in [0.29, 0.717) is 11.3 Å². The molecular formula is C45H39N3OS. The van der Waals surface area contributed by atoms with Gasteiger partial charge >= 0.3 is 0 Å². The molecule has 0 radical (unpaired) electrons. The van der Waals surface area contributed by atoms with E-state index < -0.39 is 0 Å². The van der Waals surface area contributed by atoms with Gasteiger partial charge in [0.15, 0.2) is 5.69 Å². The molecule has 0 spiro atoms. The van der Waals surface area contributed by atoms with Crippen molar-refractivity contribution < 1.29 is 5.11 Å². The number of nitrogens with zero attached hydrogens (tertiary/aromatic N) is 3. The zero-order valence-corrected chi connectivity index (χ0v) is 30.1. The Morgan fingerprint density at radius 1 is 0.700 bits per heavy atom. The van der Waals surface area contributed by atoms with Crippen molar-refractivity contribution in [3.8, 4) is 38.6 Å². The van der Waals surface area contributed by atoms with Gasteiger partial charge in [-0.15, -0.1) is 11.3 Å². The molecule has 50 heavy (non-hydrogen) atoms. The summed E-state index contributed by atoms with van der Waals surface area (Å²) in [5, 5.41) is 13.8. The molecule has 0 saturated carbocycles. The average Bonchev–Trinajstić information content (AvgIpc) is 3.54. The number of aliphatic imine (C=N–C) groups is 1. The predicted octanol–water partition coefficient (Wildman–Crippen LogP) is 13.1. The van der Waals surface area contributed by atoms with Gasteiger partial charge in [0.2, 0.25) is 0 Å². The number of benzene rings is 6. The minimum absolute atomic E-state index is 0.0614. The van der Waals surface area contributed by atoms with Crippen LogP contribution in [0.4, 0.5) is 11.4 Å². The Morgan fingerprint density at radius 3 is 2.18 bits per heavy atom. The van der Waals surface area contributed by atoms with Crippen LogP contribution in [0.15, 0.2) is 120 Å². The SMILES string of the molecule is [C-]#[N+]c1ccc(-c2cccc(-c3cc(C(C)(C)C)cc4sc(-c5ccc6ccccc6c5N=Cc5cc(C(C)(C)C)ccc5O)nc34)c2)cc1. The lowest BCUT2D eigenvalue weighted by molar-refractivity contribution is 0.473. The van der Waals surface area contributed by atoms with E-state index in [0.717, 1.165) is 65.1 Å². The summed E-state index contributed by atoms with van der Waals surface area (Å²) < 4.78 is 1.12. The first-order valence-electron chi connectivity index (χ1n) is 16.8. The van der Waals surface area contributed by atoms with Gasteiger partial charge in [-0.05, 0) is 80.4 Å². The van der Waals surface area contributed by atoms with Crippen LogP contribution >= 0.6 is 11.3 Å². The second-order valence-electron chi connectivity index (χ2n) is 14.8. The Morgan fingerprint density at radius 2 is 1.44 bits per heavy atom. The molecule has 0 fully saturated rings. The number of aromatic hydroxyl groups is 1. The molecule has 7 rings (SSSR count). The summed E-state index contributed by atoms with van der Waals surface area (Å²) in [5.74, 6) is 0.201. The van der Waals surface area contributed by atoms with Gasteiger partial charge in [0.05, 0.1) is 22.5 Å². The molecular weight excluding hydrogens is 631 g/mol. The lowest BCUT2D eigenvalue weighted by Gasteiger charge is -2.20. The molecule has 1 heterocycles. The molecule has 1 aromatic heterocycles. The summed E-state index contributed by atoms with van der Waals surface area (Å²) >= 11 is 1.68. The minimum atomic E-state index is -0.0672. The predicted molar refractivity (Wildman–Crippen MR) is 212 cm³/mol. The fourth-order valence-corrected chi connectivity index (χ4v) is 7.28. The van der Waals surface area contributed by atoms with Crippen LogP contribution in [-0.2, 0) is 10.8 Å². The highest BCUT2D eigenvalue weighted by atomic mass is 32.1. The Bertz CT molecular complexity index is 2470. The maximum atomic E-state index is 10.8. The third-order valence-electron chi connectivity index (χ3n) is 9.22. The molecule has 0 aliphatic rings. The highest BCUT2D eigenvalue weighted by Crippen LogP contribution is 2.44. The van der Waals surface area contributed by atoms with Crippen LogP contribution in [0, 0.1) is 6.57 Å². The van der Waals surface area contributed by atoms with E-state index in [4.69, 9.17) is 16.5 Å². The maximum absolute atomic E-state index is 10.8. The Hall–Kier alpha value is -5.57. The van der Waals surface area contributed by atoms with Crippen molar-refractivity contribution in [2.75, 3.05) is 0 Å². The van der Waals surface area contributed by atoms with Crippen LogP contribution in [0.5, 0.6) is 5.75 Å². The second-order valence-corrected chi connectivity index (χ2v) is 15.9. The molecule has 5 heteroatoms. The van der Waals surface area contributed by atoms with E-state index in [2.05, 4.69) is 107 Å². The number of phenolic OH excluding ortho intramolecular Hbond substituents is 1. The number of thiazole rings is 1. The number of hydrogen-bond donors (Lipinski definition) is 1. The van der Waals surface area contributed by atoms with Crippen molar-refractivity contribution in [1.29, 1.82) is 0 Å². The molecule has 0 aliphatic carbocycles. The largest absolute Gasteiger partial charge is 0.507 e. The average molecular weight is 670 g/mol. The zero-order valence-electron chi connectivity index (χ0n) is 29.2. The number of fused-ring (bicyclic) bond motifs is 2. The lowest BCUT2D eigenvalue weighted by atomic mass is 9.85. The summed E-state index contributed by atoms with van der Waals surface area (Å²) in [7, 11) is 0. The van der Waals surface area contributed by atoms with Crippen molar-refractivity contribution in [1.82, 2.24) is 4.98 Å². The first-order valence-corrected chi connectivity index (χ1v) is 17.6. The van der Waals surface area contributed by atoms with Crippen LogP contribution in [0.1, 0.15) is 58.2 Å². The van der Waals surface area contributed by atoms with Gasteiger partial charge in [0.1, 0.15) is 10.8 Å². The third kappa shape index (κ3) is 6.43. The van der Waals surface area contributed by atoms with Gasteiger partial charge in [-0.25, -0.2) is 9.83 Å². The topological polar surface area (TPSA) is 49.8 Å². The van der Waals surface area contributed by atoms with Crippen molar-refractivity contribution in [2.24, 2.45) is 4.99 Å². The fourth-order valence-electron chi connectivity index (χ4n) is 6.22. The van der Waals surface area contributed by atoms with E-state index in [-0.39, 0.29) is 16.6 Å². The highest BCUT2D eigenvalue weighted by Gasteiger charge is 2.22. The molecule has 7 aromatic rings. The number of phenols is 1. The molecule has 0 saturated heterocycles. The number of hydrogen-bond acceptors (Lipinski definition) is 4. The van der Waals surface area contributed by atoms with Crippen molar-refractivity contribution in [3.63, 3.8) is 0 Å². The quantitative estimate of drug-likeness (QED) is 0.146. The van der Waals surface area contributed by atoms with Gasteiger partial charge in [0, 0.05) is 28.3 Å². The van der Waals surface area contributed by atoms with Crippen LogP contribution in [-0.4, -0.2) is 16.3 Å². The zero-order chi connectivity index (χ0) is 35.2. The highest BCUT2D eigenvalue weighted by molar-refractivity contribution is 7.21. The summed E-state index contributed by atoms with van der Waals surface area (Å²) in [5.41, 5.74) is 10.6. The molecule has 0 amide bonds. The van der Waals surface area contributed by atoms with E-state index in [9.17, 15) is 5.11 Å². The standard InChI is InChI=1S/C45H39N3OS/c1-44(2,3)33-18-22-39(49)32(24-33)27-47-41-36-14-9-8-11-29(36)17-21-37(41)43-48-42-38(25-34(45(4,5)6)26-40(42)50-43)31-13-10-12-30(23-31)28-15-19-35(46-7)20-16-28/h8-27,49H,1-6H3. The molecule has 0 bridgehead atoms. The van der Waals surface area contributed by atoms with Crippen LogP contribution in [0.2, 0.25) is 0 Å². The van der Waals surface area contributed by atoms with Gasteiger partial charge < -0.3 is 5.11 Å². The Balaban J connectivity index is 1.40. The molecule has 246 valence electrons. The molecule has 1 N–H and O–H groups in total. The van der Waals surface area contributed by atoms with Crippen molar-refractivity contribution >= 4 is 49.9 Å². The summed E-state index contributed by atoms with van der Waals surface area (Å²) in [4.78, 5) is 14.0. The Labute approximate surface area is 298 Å². The van der Waals surface area contributed by atoms with Crippen molar-refractivity contribution in [2.45, 2.75) is 52.4 Å². The monoisotopic (exact) mass is 669 g/mol. The molecule has 4 nitrogen and oxygen atoms in total. The van der Waals surface area contributed by atoms with Gasteiger partial charge in [-0.3, -0.25) is 4.99 Å². The van der Waals surface area contributed by atoms with E-state index in [1.807, 2.05) is 48.5 Å². The van der Waals surface area contributed by atoms with E-state index in [1.165, 1.54) is 5.56 Å². The summed E-state index contributed by atoms with van der Waals surface area (Å²) in [6.45, 7) is 20.6. The summed E-state index contributed by atoms with van der Waals surface area (Å²) in [6, 6.07) is 39.2. The fraction of sp³-hybridized carbons (Fsp3) is 0.178. The third-order valence-corrected chi connectivity index (χ3v) is 10.3. The van der Waals surface area contributed by atoms with Gasteiger partial charge in [0.25, 0.3) is 0 Å². The number of rotatable bonds is 5. The van der Waals surface area contributed by atoms with Crippen LogP contribution < -0.4 is 0 Å². The molecule has 0 aliphatic heterocycles. The normalized spacial score (nSPS) is 12.2. The molecule has 6 aromatic carbocycles. The maximum Gasteiger partial charge on any atom is 0.187 e. The minimum Gasteiger partial charge on any atom is -0.507 e. The number of aromatic nitrogens is 1. The smallest absolute Gasteiger partial charge is 0.187 e. The van der Waals surface area contributed by atoms with Crippen molar-refractivity contribution in [3.05, 3.63) is 143 Å². The lowest BCUT2D eigenvalue weighted by Crippen LogP contribution is -2.11. The Kier molecular flexibility index (Phi) is 8.38. The van der Waals surface area contributed by atoms with E-state index in [1.54, 1.807) is 23.6 Å². The van der Waals surface area contributed by atoms with Crippen LogP contribution in [0.25, 0.3) is 58.7 Å². The van der Waals surface area contributed by atoms with Gasteiger partial charge in [-0.2, -0.15) is 0 Å². The molecule has 0 unspecified atom stereocenters. The summed E-state index contributed by atoms with van der Waals surface area (Å²) in [6.07, 6.45) is 1.78. The molecule has 0 atom stereocenters. The van der Waals surface area contributed by atoms with Gasteiger partial charge in [-0.1, -0.05) is 120 Å². The van der Waals surface area contributed by atoms with Crippen LogP contribution in [0.3, 0.4) is 0 Å². The first kappa shape index (κ1) is 33.0. The second kappa shape index (κ2) is 12.7. The van der Waals surface area contributed by atoms with E-state index >= 15 is 0 Å².